The molecular formula is C32H36FNO6S. The van der Waals surface area contributed by atoms with Gasteiger partial charge in [0.15, 0.2) is 0 Å². The maximum absolute atomic E-state index is 14.2. The summed E-state index contributed by atoms with van der Waals surface area (Å²) in [5.41, 5.74) is 5.32. The van der Waals surface area contributed by atoms with Crippen molar-refractivity contribution in [2.24, 2.45) is 0 Å². The topological polar surface area (TPSA) is 104 Å². The molecule has 0 aliphatic carbocycles. The molecule has 218 valence electrons. The van der Waals surface area contributed by atoms with Crippen molar-refractivity contribution >= 4 is 28.3 Å². The zero-order chi connectivity index (χ0) is 29.7. The average molecular weight is 582 g/mol. The fourth-order valence-electron chi connectivity index (χ4n) is 4.46. The van der Waals surface area contributed by atoms with Gasteiger partial charge in [0.05, 0.1) is 6.42 Å². The smallest absolute Gasteiger partial charge is 0.307 e. The van der Waals surface area contributed by atoms with E-state index >= 15 is 0 Å². The number of furan rings is 1. The lowest BCUT2D eigenvalue weighted by Crippen LogP contribution is -2.41. The summed E-state index contributed by atoms with van der Waals surface area (Å²) in [5.74, 6) is 0.245. The first-order chi connectivity index (χ1) is 19.5. The Kier molecular flexibility index (Phi) is 9.76. The van der Waals surface area contributed by atoms with Gasteiger partial charge in [0.25, 0.3) is 0 Å². The predicted octanol–water partition coefficient (Wildman–Crippen LogP) is 6.82. The maximum atomic E-state index is 14.2. The van der Waals surface area contributed by atoms with Gasteiger partial charge in [0, 0.05) is 35.0 Å². The SMILES string of the molecule is COCc1cc2cc(COc3cc(C)ccc3CC(=O)O)cc(-c3cccc([C@H](CF)N[S+]([O-])C(C)(C)C)c3)c2o1. The van der Waals surface area contributed by atoms with Crippen molar-refractivity contribution in [2.45, 2.75) is 58.1 Å². The van der Waals surface area contributed by atoms with Crippen LogP contribution in [0.15, 0.2) is 65.1 Å². The number of carboxylic acids is 1. The van der Waals surface area contributed by atoms with Crippen LogP contribution < -0.4 is 9.46 Å². The molecule has 2 atom stereocenters. The lowest BCUT2D eigenvalue weighted by Gasteiger charge is -2.27. The molecule has 0 bridgehead atoms. The summed E-state index contributed by atoms with van der Waals surface area (Å²) >= 11 is -1.45. The van der Waals surface area contributed by atoms with E-state index in [4.69, 9.17) is 13.9 Å². The Hall–Kier alpha value is -3.37. The quantitative estimate of drug-likeness (QED) is 0.177. The molecule has 2 N–H and O–H groups in total. The van der Waals surface area contributed by atoms with Crippen LogP contribution in [0, 0.1) is 6.92 Å². The fourth-order valence-corrected chi connectivity index (χ4v) is 5.27. The van der Waals surface area contributed by atoms with Crippen molar-refractivity contribution in [2.75, 3.05) is 13.8 Å². The number of benzene rings is 3. The van der Waals surface area contributed by atoms with E-state index in [1.165, 1.54) is 0 Å². The van der Waals surface area contributed by atoms with E-state index < -0.39 is 34.8 Å². The minimum Gasteiger partial charge on any atom is -0.598 e. The van der Waals surface area contributed by atoms with Crippen LogP contribution in [0.25, 0.3) is 22.1 Å². The molecule has 0 radical (unpaired) electrons. The monoisotopic (exact) mass is 581 g/mol. The van der Waals surface area contributed by atoms with E-state index in [2.05, 4.69) is 4.72 Å². The second kappa shape index (κ2) is 13.1. The molecule has 3 aromatic carbocycles. The number of hydrogen-bond acceptors (Lipinski definition) is 6. The molecule has 1 unspecified atom stereocenters. The second-order valence-electron chi connectivity index (χ2n) is 11.0. The van der Waals surface area contributed by atoms with Crippen LogP contribution in [0.5, 0.6) is 5.75 Å². The Morgan fingerprint density at radius 1 is 1.12 bits per heavy atom. The molecule has 1 aromatic heterocycles. The number of aliphatic carboxylic acids is 1. The van der Waals surface area contributed by atoms with Crippen LogP contribution in [0.3, 0.4) is 0 Å². The van der Waals surface area contributed by atoms with Crippen molar-refractivity contribution in [3.05, 3.63) is 88.7 Å². The Balaban J connectivity index is 1.72. The molecule has 1 heterocycles. The molecule has 0 saturated carbocycles. The van der Waals surface area contributed by atoms with Crippen molar-refractivity contribution in [1.82, 2.24) is 4.72 Å². The van der Waals surface area contributed by atoms with Crippen LogP contribution in [0.1, 0.15) is 54.8 Å². The van der Waals surface area contributed by atoms with Crippen molar-refractivity contribution in [3.8, 4) is 16.9 Å². The van der Waals surface area contributed by atoms with Crippen molar-refractivity contribution in [3.63, 3.8) is 0 Å². The molecule has 41 heavy (non-hydrogen) atoms. The van der Waals surface area contributed by atoms with E-state index in [0.29, 0.717) is 34.8 Å². The molecule has 0 amide bonds. The van der Waals surface area contributed by atoms with Gasteiger partial charge in [-0.3, -0.25) is 4.79 Å². The normalized spacial score (nSPS) is 13.3. The molecule has 9 heteroatoms. The lowest BCUT2D eigenvalue weighted by atomic mass is 9.97. The minimum atomic E-state index is -1.45. The van der Waals surface area contributed by atoms with E-state index in [1.807, 2.05) is 82.3 Å². The third-order valence-corrected chi connectivity index (χ3v) is 8.14. The first kappa shape index (κ1) is 30.6. The van der Waals surface area contributed by atoms with Gasteiger partial charge < -0.3 is 23.6 Å². The molecule has 0 spiro atoms. The van der Waals surface area contributed by atoms with Gasteiger partial charge in [-0.05, 0) is 80.3 Å². The molecule has 0 fully saturated rings. The van der Waals surface area contributed by atoms with E-state index in [0.717, 1.165) is 27.6 Å². The summed E-state index contributed by atoms with van der Waals surface area (Å²) in [6.07, 6.45) is -0.140. The summed E-state index contributed by atoms with van der Waals surface area (Å²) in [6.45, 7) is 7.21. The lowest BCUT2D eigenvalue weighted by molar-refractivity contribution is -0.136. The largest absolute Gasteiger partial charge is 0.598 e. The van der Waals surface area contributed by atoms with Gasteiger partial charge in [-0.2, -0.15) is 0 Å². The highest BCUT2D eigenvalue weighted by molar-refractivity contribution is 7.90. The van der Waals surface area contributed by atoms with E-state index in [9.17, 15) is 18.8 Å². The number of rotatable bonds is 12. The molecule has 4 aromatic rings. The Labute approximate surface area is 243 Å². The fraction of sp³-hybridized carbons (Fsp3) is 0.344. The number of hydrogen-bond donors (Lipinski definition) is 2. The number of carbonyl (C=O) groups is 1. The predicted molar refractivity (Wildman–Crippen MR) is 159 cm³/mol. The third kappa shape index (κ3) is 7.68. The summed E-state index contributed by atoms with van der Waals surface area (Å²) in [4.78, 5) is 11.4. The van der Waals surface area contributed by atoms with Gasteiger partial charge in [0.2, 0.25) is 0 Å². The van der Waals surface area contributed by atoms with Crippen LogP contribution in [-0.4, -0.2) is 34.2 Å². The number of ether oxygens (including phenoxy) is 2. The highest BCUT2D eigenvalue weighted by Gasteiger charge is 2.30. The van der Waals surface area contributed by atoms with Crippen molar-refractivity contribution in [1.29, 1.82) is 0 Å². The van der Waals surface area contributed by atoms with Crippen LogP contribution >= 0.6 is 0 Å². The Morgan fingerprint density at radius 3 is 2.59 bits per heavy atom. The number of methoxy groups -OCH3 is 1. The number of aryl methyl sites for hydroxylation is 1. The summed E-state index contributed by atoms with van der Waals surface area (Å²) in [5, 5.41) is 10.2. The Morgan fingerprint density at radius 2 is 1.90 bits per heavy atom. The van der Waals surface area contributed by atoms with Gasteiger partial charge >= 0.3 is 5.97 Å². The number of nitrogens with one attached hydrogen (secondary N) is 1. The van der Waals surface area contributed by atoms with Gasteiger partial charge in [0.1, 0.15) is 47.8 Å². The molecule has 0 aliphatic rings. The molecule has 0 aliphatic heterocycles. The zero-order valence-corrected chi connectivity index (χ0v) is 24.8. The molecule has 0 saturated heterocycles. The number of fused-ring (bicyclic) bond motifs is 1. The van der Waals surface area contributed by atoms with E-state index in [-0.39, 0.29) is 13.0 Å². The van der Waals surface area contributed by atoms with Gasteiger partial charge in [-0.1, -0.05) is 30.3 Å². The highest BCUT2D eigenvalue weighted by Crippen LogP contribution is 2.35. The minimum absolute atomic E-state index is 0.140. The zero-order valence-electron chi connectivity index (χ0n) is 24.0. The molecular weight excluding hydrogens is 545 g/mol. The maximum Gasteiger partial charge on any atom is 0.307 e. The molecule has 4 rings (SSSR count). The van der Waals surface area contributed by atoms with Crippen LogP contribution in [0.4, 0.5) is 4.39 Å². The third-order valence-electron chi connectivity index (χ3n) is 6.53. The first-order valence-corrected chi connectivity index (χ1v) is 14.5. The van der Waals surface area contributed by atoms with E-state index in [1.54, 1.807) is 13.2 Å². The Bertz CT molecular complexity index is 1510. The summed E-state index contributed by atoms with van der Waals surface area (Å²) in [6, 6.07) is 18.0. The van der Waals surface area contributed by atoms with Crippen molar-refractivity contribution < 1.29 is 32.7 Å². The average Bonchev–Trinajstić information content (AvgIpc) is 3.33. The van der Waals surface area contributed by atoms with Gasteiger partial charge in [-0.15, -0.1) is 4.72 Å². The summed E-state index contributed by atoms with van der Waals surface area (Å²) < 4.78 is 46.8. The number of alkyl halides is 1. The number of carboxylic acid groups (broad SMARTS) is 1. The standard InChI is InChI=1S/C32H36FNO6S/c1-20-9-10-24(16-30(35)36)29(11-20)39-18-21-12-25-15-26(19-38-5)40-31(25)27(13-21)22-7-6-8-23(14-22)28(17-33)34-41(37)32(2,3)4/h6-15,28,34H,16-19H2,1-5H3,(H,35,36)/t28-,41?/m0/s1. The highest BCUT2D eigenvalue weighted by atomic mass is 32.2. The van der Waals surface area contributed by atoms with Gasteiger partial charge in [-0.25, -0.2) is 4.39 Å². The van der Waals surface area contributed by atoms with Crippen LogP contribution in [0.2, 0.25) is 0 Å². The first-order valence-electron chi connectivity index (χ1n) is 13.3. The number of halogens is 1. The second-order valence-corrected chi connectivity index (χ2v) is 13.0. The van der Waals surface area contributed by atoms with Crippen LogP contribution in [-0.2, 0) is 40.5 Å². The molecule has 7 nitrogen and oxygen atoms in total. The summed E-state index contributed by atoms with van der Waals surface area (Å²) in [7, 11) is 1.60.